The third kappa shape index (κ3) is 1.94. The molecule has 0 spiro atoms. The molecular formula is C15H20N4O. The van der Waals surface area contributed by atoms with Gasteiger partial charge in [0.15, 0.2) is 0 Å². The summed E-state index contributed by atoms with van der Waals surface area (Å²) in [6, 6.07) is 3.97. The van der Waals surface area contributed by atoms with E-state index in [1.165, 1.54) is 0 Å². The zero-order valence-corrected chi connectivity index (χ0v) is 12.0. The Morgan fingerprint density at radius 1 is 1.20 bits per heavy atom. The standard InChI is InChI=1S/C15H20N4O/c1-17-8-10-19(11-9-17)15(6-5-14(20)18(15)2)13-4-3-7-16-12-13/h3-7,12H,8-11H2,1-2H3. The SMILES string of the molecule is CN1CCN(C2(c3cccnc3)C=CC(=O)N2C)CC1. The molecule has 5 nitrogen and oxygen atoms in total. The first-order chi connectivity index (χ1) is 9.64. The summed E-state index contributed by atoms with van der Waals surface area (Å²) in [4.78, 5) is 22.8. The summed E-state index contributed by atoms with van der Waals surface area (Å²) < 4.78 is 0. The fourth-order valence-electron chi connectivity index (χ4n) is 3.10. The average molecular weight is 272 g/mol. The Kier molecular flexibility index (Phi) is 3.31. The summed E-state index contributed by atoms with van der Waals surface area (Å²) in [5, 5.41) is 0. The first-order valence-electron chi connectivity index (χ1n) is 6.96. The molecule has 0 bridgehead atoms. The molecule has 1 saturated heterocycles. The van der Waals surface area contributed by atoms with Crippen molar-refractivity contribution in [3.63, 3.8) is 0 Å². The largest absolute Gasteiger partial charge is 0.316 e. The maximum absolute atomic E-state index is 12.1. The number of hydrogen-bond acceptors (Lipinski definition) is 4. The molecule has 0 aromatic carbocycles. The van der Waals surface area contributed by atoms with Gasteiger partial charge in [0.2, 0.25) is 5.91 Å². The number of carbonyl (C=O) groups excluding carboxylic acids is 1. The van der Waals surface area contributed by atoms with Crippen LogP contribution in [0.4, 0.5) is 0 Å². The van der Waals surface area contributed by atoms with Gasteiger partial charge in [-0.3, -0.25) is 14.7 Å². The van der Waals surface area contributed by atoms with Crippen LogP contribution < -0.4 is 0 Å². The van der Waals surface area contributed by atoms with Gasteiger partial charge >= 0.3 is 0 Å². The number of likely N-dealkylation sites (N-methyl/N-ethyl adjacent to an activating group) is 2. The molecule has 1 amide bonds. The van der Waals surface area contributed by atoms with E-state index in [0.717, 1.165) is 31.7 Å². The van der Waals surface area contributed by atoms with Crippen molar-refractivity contribution >= 4 is 5.91 Å². The number of piperazine rings is 1. The molecule has 0 aliphatic carbocycles. The second kappa shape index (κ2) is 5.00. The fraction of sp³-hybridized carbons (Fsp3) is 0.467. The summed E-state index contributed by atoms with van der Waals surface area (Å²) in [7, 11) is 4.00. The van der Waals surface area contributed by atoms with Crippen LogP contribution >= 0.6 is 0 Å². The molecule has 1 unspecified atom stereocenters. The lowest BCUT2D eigenvalue weighted by atomic mass is 9.98. The van der Waals surface area contributed by atoms with Gasteiger partial charge < -0.3 is 9.80 Å². The van der Waals surface area contributed by atoms with Crippen molar-refractivity contribution in [3.8, 4) is 0 Å². The Morgan fingerprint density at radius 3 is 2.50 bits per heavy atom. The zero-order valence-electron chi connectivity index (χ0n) is 12.0. The lowest BCUT2D eigenvalue weighted by Gasteiger charge is -2.48. The number of hydrogen-bond donors (Lipinski definition) is 0. The highest BCUT2D eigenvalue weighted by atomic mass is 16.2. The Balaban J connectivity index is 2.01. The van der Waals surface area contributed by atoms with Crippen molar-refractivity contribution in [2.75, 3.05) is 40.3 Å². The van der Waals surface area contributed by atoms with Gasteiger partial charge in [-0.25, -0.2) is 0 Å². The molecule has 1 aromatic rings. The topological polar surface area (TPSA) is 39.7 Å². The quantitative estimate of drug-likeness (QED) is 0.786. The molecule has 20 heavy (non-hydrogen) atoms. The Labute approximate surface area is 119 Å². The van der Waals surface area contributed by atoms with Crippen LogP contribution in [0.2, 0.25) is 0 Å². The predicted molar refractivity (Wildman–Crippen MR) is 76.9 cm³/mol. The molecular weight excluding hydrogens is 252 g/mol. The van der Waals surface area contributed by atoms with Crippen LogP contribution in [0.15, 0.2) is 36.7 Å². The van der Waals surface area contributed by atoms with Crippen molar-refractivity contribution in [1.82, 2.24) is 19.7 Å². The van der Waals surface area contributed by atoms with Gasteiger partial charge in [-0.05, 0) is 19.2 Å². The summed E-state index contributed by atoms with van der Waals surface area (Å²) in [6.07, 6.45) is 7.31. The van der Waals surface area contributed by atoms with Gasteiger partial charge in [0, 0.05) is 57.3 Å². The summed E-state index contributed by atoms with van der Waals surface area (Å²) in [6.45, 7) is 3.90. The van der Waals surface area contributed by atoms with E-state index in [9.17, 15) is 4.79 Å². The van der Waals surface area contributed by atoms with Crippen molar-refractivity contribution in [2.24, 2.45) is 0 Å². The van der Waals surface area contributed by atoms with E-state index in [1.54, 1.807) is 12.3 Å². The predicted octanol–water partition coefficient (Wildman–Crippen LogP) is 0.510. The van der Waals surface area contributed by atoms with Crippen LogP contribution in [0.1, 0.15) is 5.56 Å². The van der Waals surface area contributed by atoms with Crippen molar-refractivity contribution in [1.29, 1.82) is 0 Å². The number of carbonyl (C=O) groups is 1. The molecule has 1 atom stereocenters. The Bertz CT molecular complexity index is 522. The van der Waals surface area contributed by atoms with Crippen LogP contribution in [-0.4, -0.2) is 65.9 Å². The third-order valence-electron chi connectivity index (χ3n) is 4.37. The van der Waals surface area contributed by atoms with E-state index in [2.05, 4.69) is 21.8 Å². The van der Waals surface area contributed by atoms with Crippen molar-refractivity contribution in [2.45, 2.75) is 5.66 Å². The van der Waals surface area contributed by atoms with Gasteiger partial charge in [-0.2, -0.15) is 0 Å². The van der Waals surface area contributed by atoms with E-state index in [4.69, 9.17) is 0 Å². The molecule has 1 fully saturated rings. The number of rotatable bonds is 2. The van der Waals surface area contributed by atoms with Crippen molar-refractivity contribution in [3.05, 3.63) is 42.2 Å². The highest BCUT2D eigenvalue weighted by Gasteiger charge is 2.46. The van der Waals surface area contributed by atoms with E-state index < -0.39 is 5.66 Å². The third-order valence-corrected chi connectivity index (χ3v) is 4.37. The van der Waals surface area contributed by atoms with Gasteiger partial charge in [0.05, 0.1) is 0 Å². The first kappa shape index (κ1) is 13.3. The normalized spacial score (nSPS) is 28.3. The lowest BCUT2D eigenvalue weighted by Crippen LogP contribution is -2.59. The molecule has 2 aliphatic heterocycles. The van der Waals surface area contributed by atoms with Gasteiger partial charge in [-0.1, -0.05) is 6.07 Å². The molecule has 3 heterocycles. The minimum atomic E-state index is -0.480. The molecule has 5 heteroatoms. The van der Waals surface area contributed by atoms with Gasteiger partial charge in [0.1, 0.15) is 5.66 Å². The van der Waals surface area contributed by atoms with E-state index in [0.29, 0.717) is 0 Å². The summed E-state index contributed by atoms with van der Waals surface area (Å²) in [5.74, 6) is 0.0489. The maximum Gasteiger partial charge on any atom is 0.248 e. The molecule has 2 aliphatic rings. The highest BCUT2D eigenvalue weighted by molar-refractivity contribution is 5.91. The minimum absolute atomic E-state index is 0.0489. The van der Waals surface area contributed by atoms with Crippen LogP contribution in [0, 0.1) is 0 Å². The average Bonchev–Trinajstić information content (AvgIpc) is 2.78. The van der Waals surface area contributed by atoms with Gasteiger partial charge in [-0.15, -0.1) is 0 Å². The van der Waals surface area contributed by atoms with E-state index in [1.807, 2.05) is 36.4 Å². The number of amides is 1. The molecule has 0 N–H and O–H groups in total. The Morgan fingerprint density at radius 2 is 1.95 bits per heavy atom. The van der Waals surface area contributed by atoms with Crippen molar-refractivity contribution < 1.29 is 4.79 Å². The fourth-order valence-corrected chi connectivity index (χ4v) is 3.10. The maximum atomic E-state index is 12.1. The van der Waals surface area contributed by atoms with Crippen LogP contribution in [-0.2, 0) is 10.5 Å². The second-order valence-electron chi connectivity index (χ2n) is 5.49. The number of nitrogens with zero attached hydrogens (tertiary/aromatic N) is 4. The lowest BCUT2D eigenvalue weighted by molar-refractivity contribution is -0.134. The minimum Gasteiger partial charge on any atom is -0.316 e. The molecule has 0 saturated carbocycles. The van der Waals surface area contributed by atoms with Gasteiger partial charge in [0.25, 0.3) is 0 Å². The first-order valence-corrected chi connectivity index (χ1v) is 6.96. The highest BCUT2D eigenvalue weighted by Crippen LogP contribution is 2.37. The van der Waals surface area contributed by atoms with Crippen LogP contribution in [0.5, 0.6) is 0 Å². The molecule has 0 radical (unpaired) electrons. The molecule has 1 aromatic heterocycles. The van der Waals surface area contributed by atoms with E-state index >= 15 is 0 Å². The summed E-state index contributed by atoms with van der Waals surface area (Å²) >= 11 is 0. The second-order valence-corrected chi connectivity index (χ2v) is 5.49. The molecule has 106 valence electrons. The van der Waals surface area contributed by atoms with Crippen LogP contribution in [0.3, 0.4) is 0 Å². The number of aromatic nitrogens is 1. The number of pyridine rings is 1. The Hall–Kier alpha value is -1.72. The molecule has 3 rings (SSSR count). The van der Waals surface area contributed by atoms with E-state index in [-0.39, 0.29) is 5.91 Å². The monoisotopic (exact) mass is 272 g/mol. The van der Waals surface area contributed by atoms with Crippen LogP contribution in [0.25, 0.3) is 0 Å². The summed E-state index contributed by atoms with van der Waals surface area (Å²) in [5.41, 5.74) is 0.571. The zero-order chi connectivity index (χ0) is 14.2. The smallest absolute Gasteiger partial charge is 0.248 e.